The number of carbonyl (C=O) groups excluding carboxylic acids is 1. The Morgan fingerprint density at radius 1 is 0.915 bits per heavy atom. The molecule has 5 fully saturated rings. The van der Waals surface area contributed by atoms with Crippen LogP contribution >= 0.6 is 0 Å². The molecule has 0 aromatic heterocycles. The number of rotatable bonds is 5. The second kappa shape index (κ2) is 11.5. The molecule has 11 heteroatoms. The third-order valence-corrected chi connectivity index (χ3v) is 15.3. The van der Waals surface area contributed by atoms with E-state index in [-0.39, 0.29) is 47.8 Å². The average molecular weight is 665 g/mol. The minimum absolute atomic E-state index is 0.0553. The van der Waals surface area contributed by atoms with E-state index in [4.69, 9.17) is 14.2 Å². The lowest BCUT2D eigenvalue weighted by atomic mass is 9.33. The van der Waals surface area contributed by atoms with Crippen molar-refractivity contribution in [2.75, 3.05) is 20.3 Å². The Balaban J connectivity index is 1.35. The summed E-state index contributed by atoms with van der Waals surface area (Å²) < 4.78 is 17.0. The maximum atomic E-state index is 13.1. The molecule has 47 heavy (non-hydrogen) atoms. The van der Waals surface area contributed by atoms with Gasteiger partial charge in [0.15, 0.2) is 6.29 Å². The van der Waals surface area contributed by atoms with Crippen molar-refractivity contribution in [3.63, 3.8) is 0 Å². The quantitative estimate of drug-likeness (QED) is 0.144. The highest BCUT2D eigenvalue weighted by Crippen LogP contribution is 2.76. The smallest absolute Gasteiger partial charge is 0.311 e. The molecule has 11 nitrogen and oxygen atoms in total. The van der Waals surface area contributed by atoms with E-state index in [0.717, 1.165) is 24.8 Å². The lowest BCUT2D eigenvalue weighted by Crippen LogP contribution is -2.69. The number of fused-ring (bicyclic) bond motifs is 7. The molecule has 1 heterocycles. The normalized spacial score (nSPS) is 54.2. The minimum Gasteiger partial charge on any atom is -0.481 e. The van der Waals surface area contributed by atoms with Gasteiger partial charge in [0.1, 0.15) is 18.3 Å². The van der Waals surface area contributed by atoms with Gasteiger partial charge in [-0.2, -0.15) is 0 Å². The zero-order chi connectivity index (χ0) is 34.5. The Labute approximate surface area is 277 Å². The number of carboxylic acids is 1. The van der Waals surface area contributed by atoms with Gasteiger partial charge in [0.2, 0.25) is 0 Å². The zero-order valence-corrected chi connectivity index (χ0v) is 28.8. The van der Waals surface area contributed by atoms with Crippen LogP contribution in [0.3, 0.4) is 0 Å². The fourth-order valence-electron chi connectivity index (χ4n) is 12.3. The van der Waals surface area contributed by atoms with Gasteiger partial charge in [-0.1, -0.05) is 39.3 Å². The Bertz CT molecular complexity index is 1300. The first-order valence-corrected chi connectivity index (χ1v) is 17.5. The molecule has 0 aromatic rings. The Kier molecular flexibility index (Phi) is 8.60. The van der Waals surface area contributed by atoms with Crippen molar-refractivity contribution in [1.82, 2.24) is 0 Å². The van der Waals surface area contributed by atoms with E-state index < -0.39 is 64.4 Å². The van der Waals surface area contributed by atoms with Crippen molar-refractivity contribution in [2.45, 2.75) is 129 Å². The number of carboxylic acid groups (broad SMARTS) is 1. The lowest BCUT2D eigenvalue weighted by molar-refractivity contribution is -0.328. The number of allylic oxidation sites excluding steroid dienone is 2. The monoisotopic (exact) mass is 664 g/mol. The van der Waals surface area contributed by atoms with Crippen LogP contribution in [0.1, 0.15) is 92.4 Å². The van der Waals surface area contributed by atoms with E-state index in [1.54, 1.807) is 0 Å². The molecule has 1 saturated heterocycles. The van der Waals surface area contributed by atoms with E-state index in [2.05, 4.69) is 26.8 Å². The molecule has 6 rings (SSSR count). The second-order valence-corrected chi connectivity index (χ2v) is 17.3. The number of aliphatic carboxylic acids is 1. The summed E-state index contributed by atoms with van der Waals surface area (Å²) in [5.74, 6) is -1.29. The molecule has 4 saturated carbocycles. The maximum absolute atomic E-state index is 13.1. The highest BCUT2D eigenvalue weighted by atomic mass is 16.7. The van der Waals surface area contributed by atoms with E-state index >= 15 is 0 Å². The van der Waals surface area contributed by atoms with Crippen LogP contribution < -0.4 is 0 Å². The van der Waals surface area contributed by atoms with E-state index in [1.165, 1.54) is 7.11 Å². The summed E-state index contributed by atoms with van der Waals surface area (Å²) in [6, 6.07) is 0. The Hall–Kier alpha value is -1.60. The van der Waals surface area contributed by atoms with Crippen LogP contribution in [0, 0.1) is 50.2 Å². The standard InChI is InChI=1S/C36H56O11/c1-31(30(44)45-6)11-13-36(29(42)43)14-12-34(4)19(20(36)15-31)7-8-24-32(2)16-21(38)27(47-28-26(41)25(40)22(39)17-46-28)33(3,18-37)23(32)9-10-35(24,34)5/h7,20-28,37-41H,8-18H2,1-6H3,(H,42,43)/t20-,21-,22-,23-,24-,25+,26+,27+,28+,31+,32+,33-,34+,35-,36-/m0/s1. The molecule has 0 unspecified atom stereocenters. The molecule has 5 aliphatic carbocycles. The van der Waals surface area contributed by atoms with Crippen LogP contribution in [0.15, 0.2) is 11.6 Å². The summed E-state index contributed by atoms with van der Waals surface area (Å²) in [4.78, 5) is 26.1. The molecule has 0 spiro atoms. The van der Waals surface area contributed by atoms with Crippen molar-refractivity contribution >= 4 is 11.9 Å². The number of esters is 1. The molecule has 266 valence electrons. The first-order chi connectivity index (χ1) is 21.9. The van der Waals surface area contributed by atoms with E-state index in [0.29, 0.717) is 38.5 Å². The molecule has 6 aliphatic rings. The summed E-state index contributed by atoms with van der Waals surface area (Å²) in [6.45, 7) is 10.2. The van der Waals surface area contributed by atoms with Gasteiger partial charge in [0, 0.05) is 5.41 Å². The first kappa shape index (κ1) is 35.2. The van der Waals surface area contributed by atoms with E-state index in [1.807, 2.05) is 13.8 Å². The molecule has 1 aliphatic heterocycles. The van der Waals surface area contributed by atoms with Crippen LogP contribution in [-0.2, 0) is 23.8 Å². The van der Waals surface area contributed by atoms with Crippen molar-refractivity contribution in [3.05, 3.63) is 11.6 Å². The van der Waals surface area contributed by atoms with Crippen molar-refractivity contribution in [2.24, 2.45) is 50.2 Å². The number of aliphatic hydroxyl groups excluding tert-OH is 5. The van der Waals surface area contributed by atoms with Crippen molar-refractivity contribution < 1.29 is 54.4 Å². The van der Waals surface area contributed by atoms with Gasteiger partial charge < -0.3 is 44.8 Å². The topological polar surface area (TPSA) is 183 Å². The largest absolute Gasteiger partial charge is 0.481 e. The number of aliphatic hydroxyl groups is 5. The highest BCUT2D eigenvalue weighted by molar-refractivity contribution is 5.80. The van der Waals surface area contributed by atoms with Crippen LogP contribution in [0.25, 0.3) is 0 Å². The molecule has 0 radical (unpaired) electrons. The van der Waals surface area contributed by atoms with Gasteiger partial charge >= 0.3 is 11.9 Å². The summed E-state index contributed by atoms with van der Waals surface area (Å²) in [5.41, 5.74) is -2.39. The van der Waals surface area contributed by atoms with Crippen LogP contribution in [0.5, 0.6) is 0 Å². The van der Waals surface area contributed by atoms with Crippen LogP contribution in [-0.4, -0.2) is 99.7 Å². The predicted octanol–water partition coefficient (Wildman–Crippen LogP) is 2.79. The summed E-state index contributed by atoms with van der Waals surface area (Å²) in [7, 11) is 1.40. The second-order valence-electron chi connectivity index (χ2n) is 17.3. The van der Waals surface area contributed by atoms with Gasteiger partial charge in [-0.3, -0.25) is 9.59 Å². The number of ether oxygens (including phenoxy) is 3. The number of methoxy groups -OCH3 is 1. The highest BCUT2D eigenvalue weighted by Gasteiger charge is 2.71. The first-order valence-electron chi connectivity index (χ1n) is 17.5. The summed E-state index contributed by atoms with van der Waals surface area (Å²) in [6.07, 6.45) is 0.204. The number of hydrogen-bond acceptors (Lipinski definition) is 10. The molecule has 0 amide bonds. The third-order valence-electron chi connectivity index (χ3n) is 15.3. The average Bonchev–Trinajstić information content (AvgIpc) is 3.02. The Morgan fingerprint density at radius 3 is 2.23 bits per heavy atom. The van der Waals surface area contributed by atoms with Crippen LogP contribution in [0.4, 0.5) is 0 Å². The van der Waals surface area contributed by atoms with Gasteiger partial charge in [0.25, 0.3) is 0 Å². The molecule has 0 aromatic carbocycles. The maximum Gasteiger partial charge on any atom is 0.311 e. The predicted molar refractivity (Wildman–Crippen MR) is 168 cm³/mol. The molecule has 15 atom stereocenters. The summed E-state index contributed by atoms with van der Waals surface area (Å²) >= 11 is 0. The van der Waals surface area contributed by atoms with Gasteiger partial charge in [-0.05, 0) is 98.7 Å². The third kappa shape index (κ3) is 4.69. The number of hydrogen-bond donors (Lipinski definition) is 6. The molecule has 0 bridgehead atoms. The van der Waals surface area contributed by atoms with Crippen molar-refractivity contribution in [3.8, 4) is 0 Å². The SMILES string of the molecule is COC(=O)[C@]1(C)CC[C@]2(C(=O)O)CC[C@]3(C)C(=CC[C@H]4[C@]5(C)C[C@H](O)[C@@H](O[C@H]6OC[C@H](O)[C@@H](O)[C@H]6O)[C@@](C)(CO)[C@H]5CC[C@@]43C)[C@@H]2C1. The zero-order valence-electron chi connectivity index (χ0n) is 28.8. The fourth-order valence-corrected chi connectivity index (χ4v) is 12.3. The molecule has 6 N–H and O–H groups in total. The number of carbonyl (C=O) groups is 2. The van der Waals surface area contributed by atoms with Crippen LogP contribution in [0.2, 0.25) is 0 Å². The Morgan fingerprint density at radius 2 is 1.60 bits per heavy atom. The van der Waals surface area contributed by atoms with E-state index in [9.17, 15) is 40.2 Å². The fraction of sp³-hybridized carbons (Fsp3) is 0.889. The minimum atomic E-state index is -1.51. The van der Waals surface area contributed by atoms with Gasteiger partial charge in [-0.25, -0.2) is 0 Å². The lowest BCUT2D eigenvalue weighted by Gasteiger charge is -2.71. The molecular weight excluding hydrogens is 608 g/mol. The summed E-state index contributed by atoms with van der Waals surface area (Å²) in [5, 5.41) is 64.3. The van der Waals surface area contributed by atoms with Gasteiger partial charge in [-0.15, -0.1) is 0 Å². The van der Waals surface area contributed by atoms with Gasteiger partial charge in [0.05, 0.1) is 43.4 Å². The van der Waals surface area contributed by atoms with Crippen molar-refractivity contribution in [1.29, 1.82) is 0 Å². The molecular formula is C36H56O11.